The summed E-state index contributed by atoms with van der Waals surface area (Å²) >= 11 is 1.85. The Morgan fingerprint density at radius 1 is 1.50 bits per heavy atom. The third kappa shape index (κ3) is 7.64. The number of nitrogens with one attached hydrogen (secondary N) is 1. The van der Waals surface area contributed by atoms with E-state index < -0.39 is 0 Å². The molecule has 0 rings (SSSR count). The zero-order chi connectivity index (χ0) is 14.0. The van der Waals surface area contributed by atoms with Crippen LogP contribution in [0.2, 0.25) is 0 Å². The van der Waals surface area contributed by atoms with Gasteiger partial charge in [0.15, 0.2) is 5.96 Å². The number of rotatable bonds is 8. The van der Waals surface area contributed by atoms with Crippen LogP contribution in [0.1, 0.15) is 33.6 Å². The van der Waals surface area contributed by atoms with Crippen molar-refractivity contribution < 1.29 is 0 Å². The molecule has 18 heavy (non-hydrogen) atoms. The number of aliphatic imine (C=N–C) groups is 1. The summed E-state index contributed by atoms with van der Waals surface area (Å²) in [6.07, 6.45) is 6.28. The highest BCUT2D eigenvalue weighted by atomic mass is 32.2. The molecule has 0 aliphatic carbocycles. The van der Waals surface area contributed by atoms with Gasteiger partial charge in [0.2, 0.25) is 0 Å². The minimum Gasteiger partial charge on any atom is -0.357 e. The van der Waals surface area contributed by atoms with Crippen molar-refractivity contribution >= 4 is 17.7 Å². The molecule has 0 unspecified atom stereocenters. The molecule has 0 aliphatic heterocycles. The monoisotopic (exact) mass is 271 g/mol. The molecular weight excluding hydrogens is 242 g/mol. The highest BCUT2D eigenvalue weighted by molar-refractivity contribution is 7.99. The minimum atomic E-state index is 0.197. The Morgan fingerprint density at radius 2 is 2.17 bits per heavy atom. The maximum absolute atomic E-state index is 4.72. The van der Waals surface area contributed by atoms with E-state index in [0.717, 1.165) is 38.4 Å². The van der Waals surface area contributed by atoms with Crippen LogP contribution in [0.25, 0.3) is 0 Å². The Hall–Kier alpha value is -0.640. The van der Waals surface area contributed by atoms with E-state index in [9.17, 15) is 0 Å². The summed E-state index contributed by atoms with van der Waals surface area (Å²) in [5.74, 6) is 1.00. The molecule has 0 atom stereocenters. The molecule has 3 nitrogen and oxygen atoms in total. The Kier molecular flexibility index (Phi) is 8.98. The molecule has 0 aromatic heterocycles. The number of guanidine groups is 1. The van der Waals surface area contributed by atoms with Gasteiger partial charge in [0, 0.05) is 24.9 Å². The molecule has 1 N–H and O–H groups in total. The fourth-order valence-corrected chi connectivity index (χ4v) is 1.57. The van der Waals surface area contributed by atoms with Crippen LogP contribution >= 0.6 is 11.8 Å². The third-order valence-electron chi connectivity index (χ3n) is 2.76. The van der Waals surface area contributed by atoms with Crippen LogP contribution in [0.15, 0.2) is 17.6 Å². The predicted molar refractivity (Wildman–Crippen MR) is 85.6 cm³/mol. The van der Waals surface area contributed by atoms with Crippen LogP contribution in [0.3, 0.4) is 0 Å². The van der Waals surface area contributed by atoms with Crippen LogP contribution in [0.5, 0.6) is 0 Å². The molecule has 0 bridgehead atoms. The van der Waals surface area contributed by atoms with E-state index in [1.807, 2.05) is 17.8 Å². The van der Waals surface area contributed by atoms with Gasteiger partial charge in [-0.05, 0) is 39.9 Å². The molecule has 0 saturated carbocycles. The van der Waals surface area contributed by atoms with Crippen LogP contribution in [0.4, 0.5) is 0 Å². The fourth-order valence-electron chi connectivity index (χ4n) is 1.38. The first-order valence-electron chi connectivity index (χ1n) is 6.62. The zero-order valence-electron chi connectivity index (χ0n) is 12.6. The number of hydrogen-bond donors (Lipinski definition) is 1. The van der Waals surface area contributed by atoms with Gasteiger partial charge in [0.05, 0.1) is 6.54 Å². The molecule has 0 aromatic carbocycles. The summed E-state index contributed by atoms with van der Waals surface area (Å²) in [5.41, 5.74) is 0. The van der Waals surface area contributed by atoms with Gasteiger partial charge < -0.3 is 10.2 Å². The van der Waals surface area contributed by atoms with E-state index in [0.29, 0.717) is 0 Å². The molecule has 0 saturated heterocycles. The SMILES string of the molecule is C=CCCCN(C)C(=NCC(C)(C)SC)NCC. The molecule has 0 aliphatic rings. The van der Waals surface area contributed by atoms with Crippen molar-refractivity contribution in [2.45, 2.75) is 38.4 Å². The highest BCUT2D eigenvalue weighted by Gasteiger charge is 2.16. The smallest absolute Gasteiger partial charge is 0.193 e. The van der Waals surface area contributed by atoms with Crippen molar-refractivity contribution in [1.82, 2.24) is 10.2 Å². The molecule has 0 aromatic rings. The summed E-state index contributed by atoms with van der Waals surface area (Å²) in [6, 6.07) is 0. The van der Waals surface area contributed by atoms with Gasteiger partial charge in [-0.1, -0.05) is 6.08 Å². The fraction of sp³-hybridized carbons (Fsp3) is 0.786. The van der Waals surface area contributed by atoms with E-state index in [-0.39, 0.29) is 4.75 Å². The lowest BCUT2D eigenvalue weighted by molar-refractivity contribution is 0.468. The van der Waals surface area contributed by atoms with Crippen LogP contribution in [-0.2, 0) is 0 Å². The van der Waals surface area contributed by atoms with Gasteiger partial charge in [-0.3, -0.25) is 4.99 Å². The minimum absolute atomic E-state index is 0.197. The van der Waals surface area contributed by atoms with Crippen molar-refractivity contribution in [2.75, 3.05) is 32.9 Å². The van der Waals surface area contributed by atoms with Gasteiger partial charge >= 0.3 is 0 Å². The second kappa shape index (κ2) is 9.31. The highest BCUT2D eigenvalue weighted by Crippen LogP contribution is 2.21. The molecule has 0 fully saturated rings. The topological polar surface area (TPSA) is 27.6 Å². The number of hydrogen-bond acceptors (Lipinski definition) is 2. The molecule has 106 valence electrons. The van der Waals surface area contributed by atoms with Crippen molar-refractivity contribution in [3.05, 3.63) is 12.7 Å². The van der Waals surface area contributed by atoms with Gasteiger partial charge in [0.1, 0.15) is 0 Å². The van der Waals surface area contributed by atoms with Gasteiger partial charge in [0.25, 0.3) is 0 Å². The normalized spacial score (nSPS) is 12.4. The van der Waals surface area contributed by atoms with E-state index >= 15 is 0 Å². The Labute approximate surface area is 117 Å². The summed E-state index contributed by atoms with van der Waals surface area (Å²) in [5, 5.41) is 3.35. The van der Waals surface area contributed by atoms with Crippen molar-refractivity contribution in [1.29, 1.82) is 0 Å². The van der Waals surface area contributed by atoms with Gasteiger partial charge in [-0.15, -0.1) is 6.58 Å². The second-order valence-corrected chi connectivity index (χ2v) is 6.50. The summed E-state index contributed by atoms with van der Waals surface area (Å²) in [6.45, 7) is 13.1. The van der Waals surface area contributed by atoms with Gasteiger partial charge in [-0.2, -0.15) is 11.8 Å². The lowest BCUT2D eigenvalue weighted by Crippen LogP contribution is -2.40. The molecule has 0 radical (unpaired) electrons. The quantitative estimate of drug-likeness (QED) is 0.318. The molecular formula is C14H29N3S. The lowest BCUT2D eigenvalue weighted by atomic mass is 10.2. The van der Waals surface area contributed by atoms with Crippen LogP contribution < -0.4 is 5.32 Å². The van der Waals surface area contributed by atoms with E-state index in [1.54, 1.807) is 0 Å². The first-order chi connectivity index (χ1) is 8.46. The number of thioether (sulfide) groups is 1. The Balaban J connectivity index is 4.43. The number of unbranched alkanes of at least 4 members (excludes halogenated alkanes) is 1. The molecule has 0 spiro atoms. The first-order valence-corrected chi connectivity index (χ1v) is 7.84. The number of nitrogens with zero attached hydrogens (tertiary/aromatic N) is 2. The summed E-state index contributed by atoms with van der Waals surface area (Å²) < 4.78 is 0.197. The largest absolute Gasteiger partial charge is 0.357 e. The lowest BCUT2D eigenvalue weighted by Gasteiger charge is -2.24. The standard InChI is InChI=1S/C14H29N3S/c1-7-9-10-11-17(5)13(15-8-2)16-12-14(3,4)18-6/h7H,1,8-12H2,2-6H3,(H,15,16). The summed E-state index contributed by atoms with van der Waals surface area (Å²) in [7, 11) is 2.09. The Bertz CT molecular complexity index is 262. The van der Waals surface area contributed by atoms with Crippen LogP contribution in [0, 0.1) is 0 Å². The molecule has 0 heterocycles. The van der Waals surface area contributed by atoms with E-state index in [4.69, 9.17) is 4.99 Å². The van der Waals surface area contributed by atoms with Gasteiger partial charge in [-0.25, -0.2) is 0 Å². The first kappa shape index (κ1) is 17.4. The van der Waals surface area contributed by atoms with E-state index in [1.165, 1.54) is 0 Å². The maximum atomic E-state index is 4.72. The second-order valence-electron chi connectivity index (χ2n) is 4.99. The average molecular weight is 271 g/mol. The maximum Gasteiger partial charge on any atom is 0.193 e. The summed E-state index contributed by atoms with van der Waals surface area (Å²) in [4.78, 5) is 6.92. The van der Waals surface area contributed by atoms with Crippen LogP contribution in [-0.4, -0.2) is 48.5 Å². The third-order valence-corrected chi connectivity index (χ3v) is 3.99. The number of allylic oxidation sites excluding steroid dienone is 1. The predicted octanol–water partition coefficient (Wildman–Crippen LogP) is 2.99. The van der Waals surface area contributed by atoms with E-state index in [2.05, 4.69) is 50.9 Å². The molecule has 4 heteroatoms. The molecule has 0 amide bonds. The average Bonchev–Trinajstić information content (AvgIpc) is 2.34. The zero-order valence-corrected chi connectivity index (χ0v) is 13.4. The van der Waals surface area contributed by atoms with Crippen molar-refractivity contribution in [2.24, 2.45) is 4.99 Å². The van der Waals surface area contributed by atoms with Crippen molar-refractivity contribution in [3.8, 4) is 0 Å². The Morgan fingerprint density at radius 3 is 2.67 bits per heavy atom. The van der Waals surface area contributed by atoms with Crippen molar-refractivity contribution in [3.63, 3.8) is 0 Å².